The van der Waals surface area contributed by atoms with E-state index in [-0.39, 0.29) is 0 Å². The van der Waals surface area contributed by atoms with E-state index in [0.29, 0.717) is 18.2 Å². The number of hydrogen-bond donors (Lipinski definition) is 1. The summed E-state index contributed by atoms with van der Waals surface area (Å²) in [7, 11) is 0. The molecule has 1 unspecified atom stereocenters. The molecule has 0 aromatic rings. The van der Waals surface area contributed by atoms with Crippen LogP contribution in [0.25, 0.3) is 0 Å². The molecule has 0 radical (unpaired) electrons. The van der Waals surface area contributed by atoms with Gasteiger partial charge in [-0.25, -0.2) is 0 Å². The van der Waals surface area contributed by atoms with Crippen LogP contribution < -0.4 is 5.32 Å². The number of nitrogens with zero attached hydrogens (tertiary/aromatic N) is 1. The van der Waals surface area contributed by atoms with E-state index >= 15 is 0 Å². The quantitative estimate of drug-likeness (QED) is 0.702. The van der Waals surface area contributed by atoms with Gasteiger partial charge in [-0.3, -0.25) is 4.90 Å². The van der Waals surface area contributed by atoms with Gasteiger partial charge in [0.05, 0.1) is 12.2 Å². The van der Waals surface area contributed by atoms with E-state index in [2.05, 4.69) is 37.9 Å². The summed E-state index contributed by atoms with van der Waals surface area (Å²) in [6, 6.07) is 0.665. The van der Waals surface area contributed by atoms with Crippen LogP contribution >= 0.6 is 0 Å². The molecule has 1 heterocycles. The Morgan fingerprint density at radius 1 is 1.33 bits per heavy atom. The van der Waals surface area contributed by atoms with Crippen molar-refractivity contribution in [2.75, 3.05) is 26.2 Å². The number of rotatable bonds is 5. The predicted molar refractivity (Wildman–Crippen MR) is 64.2 cm³/mol. The lowest BCUT2D eigenvalue weighted by atomic mass is 10.1. The molecule has 3 heteroatoms. The molecule has 1 aliphatic heterocycles. The summed E-state index contributed by atoms with van der Waals surface area (Å²) < 4.78 is 5.73. The third-order valence-corrected chi connectivity index (χ3v) is 3.06. The fourth-order valence-electron chi connectivity index (χ4n) is 2.25. The maximum atomic E-state index is 5.73. The van der Waals surface area contributed by atoms with Crippen molar-refractivity contribution in [3.05, 3.63) is 0 Å². The molecule has 1 N–H and O–H groups in total. The van der Waals surface area contributed by atoms with Crippen LogP contribution in [0.3, 0.4) is 0 Å². The lowest BCUT2D eigenvalue weighted by Gasteiger charge is -2.39. The maximum Gasteiger partial charge on any atom is 0.0678 e. The van der Waals surface area contributed by atoms with Crippen LogP contribution in [0.4, 0.5) is 0 Å². The summed E-state index contributed by atoms with van der Waals surface area (Å²) in [5.74, 6) is 0. The number of nitrogens with one attached hydrogen (secondary N) is 1. The van der Waals surface area contributed by atoms with Gasteiger partial charge in [0.15, 0.2) is 0 Å². The van der Waals surface area contributed by atoms with Crippen molar-refractivity contribution in [3.63, 3.8) is 0 Å². The van der Waals surface area contributed by atoms with Crippen molar-refractivity contribution in [2.24, 2.45) is 0 Å². The van der Waals surface area contributed by atoms with Crippen LogP contribution in [0.2, 0.25) is 0 Å². The van der Waals surface area contributed by atoms with Gasteiger partial charge in [-0.1, -0.05) is 6.92 Å². The highest BCUT2D eigenvalue weighted by Gasteiger charge is 2.25. The minimum atomic E-state index is 0.385. The first kappa shape index (κ1) is 12.9. The average molecular weight is 214 g/mol. The van der Waals surface area contributed by atoms with Gasteiger partial charge in [0.1, 0.15) is 0 Å². The lowest BCUT2D eigenvalue weighted by Crippen LogP contribution is -2.49. The summed E-state index contributed by atoms with van der Waals surface area (Å²) in [5, 5.41) is 3.38. The Labute approximate surface area is 94.2 Å². The maximum absolute atomic E-state index is 5.73. The molecule has 0 aliphatic carbocycles. The van der Waals surface area contributed by atoms with Gasteiger partial charge in [0.25, 0.3) is 0 Å². The van der Waals surface area contributed by atoms with Crippen LogP contribution in [0.5, 0.6) is 0 Å². The summed E-state index contributed by atoms with van der Waals surface area (Å²) >= 11 is 0. The SMILES string of the molecule is CCNCCC(C)N1C[C@@H](C)O[C@@H](C)C1. The molecule has 0 saturated carbocycles. The number of hydrogen-bond acceptors (Lipinski definition) is 3. The van der Waals surface area contributed by atoms with Crippen LogP contribution in [-0.2, 0) is 4.74 Å². The van der Waals surface area contributed by atoms with E-state index in [9.17, 15) is 0 Å². The van der Waals surface area contributed by atoms with Crippen molar-refractivity contribution in [1.29, 1.82) is 0 Å². The Morgan fingerprint density at radius 2 is 1.93 bits per heavy atom. The van der Waals surface area contributed by atoms with Crippen molar-refractivity contribution in [2.45, 2.75) is 52.4 Å². The van der Waals surface area contributed by atoms with Crippen LogP contribution in [0.15, 0.2) is 0 Å². The molecular weight excluding hydrogens is 188 g/mol. The summed E-state index contributed by atoms with van der Waals surface area (Å²) in [6.07, 6.45) is 2.00. The van der Waals surface area contributed by atoms with Gasteiger partial charge in [-0.2, -0.15) is 0 Å². The Hall–Kier alpha value is -0.120. The highest BCUT2D eigenvalue weighted by Crippen LogP contribution is 2.14. The first-order valence-electron chi connectivity index (χ1n) is 6.23. The minimum absolute atomic E-state index is 0.385. The minimum Gasteiger partial charge on any atom is -0.373 e. The van der Waals surface area contributed by atoms with Crippen LogP contribution in [0, 0.1) is 0 Å². The third kappa shape index (κ3) is 4.49. The summed E-state index contributed by atoms with van der Waals surface area (Å²) in [6.45, 7) is 13.2. The monoisotopic (exact) mass is 214 g/mol. The van der Waals surface area contributed by atoms with E-state index in [0.717, 1.165) is 26.2 Å². The van der Waals surface area contributed by atoms with E-state index in [4.69, 9.17) is 4.74 Å². The molecular formula is C12H26N2O. The Bertz CT molecular complexity index is 165. The largest absolute Gasteiger partial charge is 0.373 e. The smallest absolute Gasteiger partial charge is 0.0678 e. The van der Waals surface area contributed by atoms with Gasteiger partial charge in [-0.15, -0.1) is 0 Å². The lowest BCUT2D eigenvalue weighted by molar-refractivity contribution is -0.0790. The fraction of sp³-hybridized carbons (Fsp3) is 1.00. The molecule has 1 aliphatic rings. The molecule has 0 aromatic carbocycles. The molecule has 0 bridgehead atoms. The van der Waals surface area contributed by atoms with Crippen LogP contribution in [0.1, 0.15) is 34.1 Å². The number of ether oxygens (including phenoxy) is 1. The molecule has 0 spiro atoms. The molecule has 90 valence electrons. The highest BCUT2D eigenvalue weighted by molar-refractivity contribution is 4.77. The second-order valence-corrected chi connectivity index (χ2v) is 4.70. The first-order valence-corrected chi connectivity index (χ1v) is 6.23. The van der Waals surface area contributed by atoms with Crippen LogP contribution in [-0.4, -0.2) is 49.3 Å². The number of morpholine rings is 1. The zero-order valence-corrected chi connectivity index (χ0v) is 10.6. The molecule has 3 atom stereocenters. The van der Waals surface area contributed by atoms with E-state index in [1.54, 1.807) is 0 Å². The second-order valence-electron chi connectivity index (χ2n) is 4.70. The molecule has 1 fully saturated rings. The molecule has 1 saturated heterocycles. The summed E-state index contributed by atoms with van der Waals surface area (Å²) in [5.41, 5.74) is 0. The van der Waals surface area contributed by atoms with Crippen molar-refractivity contribution >= 4 is 0 Å². The molecule has 15 heavy (non-hydrogen) atoms. The van der Waals surface area contributed by atoms with Crippen molar-refractivity contribution in [3.8, 4) is 0 Å². The standard InChI is InChI=1S/C12H26N2O/c1-5-13-7-6-10(2)14-8-11(3)15-12(4)9-14/h10-13H,5-9H2,1-4H3/t10?,11-,12+. The van der Waals surface area contributed by atoms with E-state index < -0.39 is 0 Å². The molecule has 0 amide bonds. The van der Waals surface area contributed by atoms with Crippen molar-refractivity contribution < 1.29 is 4.74 Å². The van der Waals surface area contributed by atoms with E-state index in [1.807, 2.05) is 0 Å². The molecule has 3 nitrogen and oxygen atoms in total. The predicted octanol–water partition coefficient (Wildman–Crippen LogP) is 1.48. The third-order valence-electron chi connectivity index (χ3n) is 3.06. The molecule has 0 aromatic heterocycles. The van der Waals surface area contributed by atoms with Gasteiger partial charge in [-0.05, 0) is 40.3 Å². The van der Waals surface area contributed by atoms with Gasteiger partial charge in [0, 0.05) is 19.1 Å². The molecule has 1 rings (SSSR count). The fourth-order valence-corrected chi connectivity index (χ4v) is 2.25. The topological polar surface area (TPSA) is 24.5 Å². The van der Waals surface area contributed by atoms with Gasteiger partial charge >= 0.3 is 0 Å². The Balaban J connectivity index is 2.28. The van der Waals surface area contributed by atoms with Gasteiger partial charge in [0.2, 0.25) is 0 Å². The van der Waals surface area contributed by atoms with Crippen molar-refractivity contribution in [1.82, 2.24) is 10.2 Å². The average Bonchev–Trinajstić information content (AvgIpc) is 2.16. The Kier molecular flexibility index (Phi) is 5.58. The zero-order chi connectivity index (χ0) is 11.3. The normalized spacial score (nSPS) is 30.4. The first-order chi connectivity index (χ1) is 7.13. The Morgan fingerprint density at radius 3 is 2.47 bits per heavy atom. The van der Waals surface area contributed by atoms with Gasteiger partial charge < -0.3 is 10.1 Å². The zero-order valence-electron chi connectivity index (χ0n) is 10.6. The second kappa shape index (κ2) is 6.46. The van der Waals surface area contributed by atoms with E-state index in [1.165, 1.54) is 6.42 Å². The summed E-state index contributed by atoms with van der Waals surface area (Å²) in [4.78, 5) is 2.55. The highest BCUT2D eigenvalue weighted by atomic mass is 16.5.